The molecule has 1 amide bonds. The van der Waals surface area contributed by atoms with E-state index in [0.717, 1.165) is 18.4 Å². The van der Waals surface area contributed by atoms with E-state index in [2.05, 4.69) is 5.32 Å². The van der Waals surface area contributed by atoms with Gasteiger partial charge in [-0.2, -0.15) is 0 Å². The molecule has 0 aliphatic heterocycles. The van der Waals surface area contributed by atoms with Crippen molar-refractivity contribution >= 4 is 17.7 Å². The molecule has 3 N–H and O–H groups in total. The molecule has 1 atom stereocenters. The molecule has 0 bridgehead atoms. The average Bonchev–Trinajstić information content (AvgIpc) is 2.76. The van der Waals surface area contributed by atoms with Crippen LogP contribution in [0.15, 0.2) is 12.1 Å². The van der Waals surface area contributed by atoms with Gasteiger partial charge in [-0.3, -0.25) is 0 Å². The number of nitrogens with one attached hydrogen (secondary N) is 1. The zero-order chi connectivity index (χ0) is 16.3. The Hall–Kier alpha value is -1.46. The van der Waals surface area contributed by atoms with E-state index in [1.165, 1.54) is 5.56 Å². The molecule has 1 aromatic rings. The lowest BCUT2D eigenvalue weighted by molar-refractivity contribution is 0.0520. The summed E-state index contributed by atoms with van der Waals surface area (Å²) >= 11 is 6.36. The Morgan fingerprint density at radius 3 is 2.82 bits per heavy atom. The van der Waals surface area contributed by atoms with Crippen molar-refractivity contribution in [3.63, 3.8) is 0 Å². The summed E-state index contributed by atoms with van der Waals surface area (Å²) in [6.45, 7) is 6.12. The van der Waals surface area contributed by atoms with E-state index in [4.69, 9.17) is 26.8 Å². The van der Waals surface area contributed by atoms with Crippen LogP contribution in [0.25, 0.3) is 0 Å². The van der Waals surface area contributed by atoms with Crippen molar-refractivity contribution in [1.29, 1.82) is 0 Å². The van der Waals surface area contributed by atoms with Crippen LogP contribution >= 0.6 is 11.6 Å². The average molecular weight is 327 g/mol. The number of halogens is 1. The summed E-state index contributed by atoms with van der Waals surface area (Å²) in [7, 11) is 0. The maximum absolute atomic E-state index is 11.5. The van der Waals surface area contributed by atoms with Gasteiger partial charge < -0.3 is 20.5 Å². The van der Waals surface area contributed by atoms with Crippen molar-refractivity contribution in [2.45, 2.75) is 45.3 Å². The third kappa shape index (κ3) is 4.52. The van der Waals surface area contributed by atoms with Crippen molar-refractivity contribution in [3.8, 4) is 5.75 Å². The minimum atomic E-state index is -0.507. The van der Waals surface area contributed by atoms with Crippen LogP contribution in [0.4, 0.5) is 4.79 Å². The van der Waals surface area contributed by atoms with Crippen molar-refractivity contribution in [2.75, 3.05) is 13.2 Å². The molecule has 0 heterocycles. The molecule has 0 radical (unpaired) electrons. The molecule has 1 aliphatic rings. The molecule has 2 rings (SSSR count). The fourth-order valence-corrected chi connectivity index (χ4v) is 2.72. The second-order valence-corrected chi connectivity index (χ2v) is 6.84. The highest BCUT2D eigenvalue weighted by Gasteiger charge is 2.22. The molecular formula is C16H23ClN2O3. The van der Waals surface area contributed by atoms with E-state index in [9.17, 15) is 4.79 Å². The molecule has 6 heteroatoms. The number of fused-ring (bicyclic) bond motifs is 1. The molecule has 0 aromatic heterocycles. The van der Waals surface area contributed by atoms with E-state index >= 15 is 0 Å². The van der Waals surface area contributed by atoms with Gasteiger partial charge in [0.05, 0.1) is 11.6 Å². The molecule has 0 saturated carbocycles. The maximum Gasteiger partial charge on any atom is 0.407 e. The summed E-state index contributed by atoms with van der Waals surface area (Å²) in [6.07, 6.45) is 1.18. The Labute approximate surface area is 136 Å². The van der Waals surface area contributed by atoms with Gasteiger partial charge in [-0.1, -0.05) is 17.7 Å². The highest BCUT2D eigenvalue weighted by Crippen LogP contribution is 2.35. The van der Waals surface area contributed by atoms with Crippen molar-refractivity contribution in [1.82, 2.24) is 5.32 Å². The van der Waals surface area contributed by atoms with Gasteiger partial charge in [-0.15, -0.1) is 0 Å². The minimum Gasteiger partial charge on any atom is -0.490 e. The zero-order valence-corrected chi connectivity index (χ0v) is 14.0. The summed E-state index contributed by atoms with van der Waals surface area (Å²) in [5.74, 6) is 0.625. The number of hydrogen-bond acceptors (Lipinski definition) is 4. The number of benzene rings is 1. The van der Waals surface area contributed by atoms with Gasteiger partial charge in [0.1, 0.15) is 18.0 Å². The third-order valence-corrected chi connectivity index (χ3v) is 3.70. The summed E-state index contributed by atoms with van der Waals surface area (Å²) in [4.78, 5) is 11.5. The monoisotopic (exact) mass is 326 g/mol. The Morgan fingerprint density at radius 2 is 2.14 bits per heavy atom. The highest BCUT2D eigenvalue weighted by atomic mass is 35.5. The number of rotatable bonds is 4. The second-order valence-electron chi connectivity index (χ2n) is 6.46. The highest BCUT2D eigenvalue weighted by molar-refractivity contribution is 6.33. The summed E-state index contributed by atoms with van der Waals surface area (Å²) in [5, 5.41) is 3.27. The van der Waals surface area contributed by atoms with Gasteiger partial charge >= 0.3 is 6.09 Å². The Morgan fingerprint density at radius 1 is 1.41 bits per heavy atom. The minimum absolute atomic E-state index is 0.136. The smallest absolute Gasteiger partial charge is 0.407 e. The van der Waals surface area contributed by atoms with Crippen LogP contribution in [0.3, 0.4) is 0 Å². The Bertz CT molecular complexity index is 555. The quantitative estimate of drug-likeness (QED) is 0.834. The number of hydrogen-bond donors (Lipinski definition) is 2. The number of carbonyl (C=O) groups excluding carboxylic acids is 1. The van der Waals surface area contributed by atoms with Crippen molar-refractivity contribution < 1.29 is 14.3 Å². The lowest BCUT2D eigenvalue weighted by atomic mass is 10.1. The third-order valence-electron chi connectivity index (χ3n) is 3.28. The molecule has 1 aromatic carbocycles. The summed E-state index contributed by atoms with van der Waals surface area (Å²) in [5.41, 5.74) is 7.71. The lowest BCUT2D eigenvalue weighted by Gasteiger charge is -2.19. The first-order valence-electron chi connectivity index (χ1n) is 7.42. The van der Waals surface area contributed by atoms with Gasteiger partial charge in [0.2, 0.25) is 0 Å². The van der Waals surface area contributed by atoms with E-state index in [1.807, 2.05) is 32.9 Å². The molecule has 0 spiro atoms. The molecule has 5 nitrogen and oxygen atoms in total. The van der Waals surface area contributed by atoms with E-state index in [-0.39, 0.29) is 6.04 Å². The van der Waals surface area contributed by atoms with Crippen LogP contribution in [-0.2, 0) is 17.6 Å². The summed E-state index contributed by atoms with van der Waals surface area (Å²) < 4.78 is 10.8. The fourth-order valence-electron chi connectivity index (χ4n) is 2.41. The first-order chi connectivity index (χ1) is 10.3. The topological polar surface area (TPSA) is 73.6 Å². The van der Waals surface area contributed by atoms with E-state index in [1.54, 1.807) is 0 Å². The van der Waals surface area contributed by atoms with Crippen LogP contribution < -0.4 is 15.8 Å². The number of ether oxygens (including phenoxy) is 2. The number of alkyl carbamates (subject to hydrolysis) is 1. The van der Waals surface area contributed by atoms with Crippen LogP contribution in [0, 0.1) is 0 Å². The molecule has 1 aliphatic carbocycles. The molecular weight excluding hydrogens is 304 g/mol. The predicted molar refractivity (Wildman–Crippen MR) is 86.6 cm³/mol. The molecule has 1 unspecified atom stereocenters. The van der Waals surface area contributed by atoms with Crippen LogP contribution in [0.1, 0.15) is 31.9 Å². The number of nitrogens with two attached hydrogens (primary N) is 1. The van der Waals surface area contributed by atoms with Gasteiger partial charge in [0.15, 0.2) is 0 Å². The first kappa shape index (κ1) is 16.9. The Balaban J connectivity index is 1.81. The largest absolute Gasteiger partial charge is 0.490 e. The Kier molecular flexibility index (Phi) is 5.19. The molecule has 0 fully saturated rings. The van der Waals surface area contributed by atoms with E-state index < -0.39 is 11.7 Å². The van der Waals surface area contributed by atoms with Crippen molar-refractivity contribution in [2.24, 2.45) is 5.73 Å². The van der Waals surface area contributed by atoms with Crippen LogP contribution in [-0.4, -0.2) is 30.9 Å². The molecule has 122 valence electrons. The molecule has 0 saturated heterocycles. The van der Waals surface area contributed by atoms with Crippen LogP contribution in [0.2, 0.25) is 5.02 Å². The van der Waals surface area contributed by atoms with E-state index in [0.29, 0.717) is 23.9 Å². The standard InChI is InChI=1S/C16H23ClN2O3/c1-16(2,3)22-15(20)19-6-7-21-13-5-4-10-8-11(18)9-12(10)14(13)17/h4-5,11H,6-9,18H2,1-3H3,(H,19,20). The SMILES string of the molecule is CC(C)(C)OC(=O)NCCOc1ccc2c(c1Cl)CC(N)C2. The number of amides is 1. The van der Waals surface area contributed by atoms with Gasteiger partial charge in [-0.25, -0.2) is 4.79 Å². The normalized spacial score (nSPS) is 17.0. The van der Waals surface area contributed by atoms with Gasteiger partial charge in [-0.05, 0) is 50.8 Å². The number of carbonyl (C=O) groups is 1. The maximum atomic E-state index is 11.5. The van der Waals surface area contributed by atoms with Crippen LogP contribution in [0.5, 0.6) is 5.75 Å². The second kappa shape index (κ2) is 6.75. The fraction of sp³-hybridized carbons (Fsp3) is 0.562. The first-order valence-corrected chi connectivity index (χ1v) is 7.79. The van der Waals surface area contributed by atoms with Gasteiger partial charge in [0, 0.05) is 6.04 Å². The van der Waals surface area contributed by atoms with Crippen molar-refractivity contribution in [3.05, 3.63) is 28.3 Å². The molecule has 22 heavy (non-hydrogen) atoms. The summed E-state index contributed by atoms with van der Waals surface area (Å²) in [6, 6.07) is 3.99. The zero-order valence-electron chi connectivity index (χ0n) is 13.2. The van der Waals surface area contributed by atoms with Gasteiger partial charge in [0.25, 0.3) is 0 Å². The lowest BCUT2D eigenvalue weighted by Crippen LogP contribution is -2.34. The predicted octanol–water partition coefficient (Wildman–Crippen LogP) is 2.67.